The molecule has 0 aromatic heterocycles. The summed E-state index contributed by atoms with van der Waals surface area (Å²) < 4.78 is 26.1. The zero-order valence-corrected chi connectivity index (χ0v) is 13.8. The number of imide groups is 1. The molecular formula is C16H25NO7. The molecule has 2 amide bonds. The maximum atomic E-state index is 11.3. The summed E-state index contributed by atoms with van der Waals surface area (Å²) in [5, 5.41) is 0. The fourth-order valence-electron chi connectivity index (χ4n) is 1.76. The van der Waals surface area contributed by atoms with Gasteiger partial charge in [0.2, 0.25) is 0 Å². The zero-order chi connectivity index (χ0) is 17.5. The SMILES string of the molecule is C=COCCOCCOCCOCCOCCN1C(=O)C=CC1=O. The Morgan fingerprint density at radius 1 is 0.750 bits per heavy atom. The van der Waals surface area contributed by atoms with E-state index in [1.54, 1.807) is 0 Å². The second-order valence-electron chi connectivity index (χ2n) is 4.65. The Labute approximate surface area is 141 Å². The molecule has 136 valence electrons. The van der Waals surface area contributed by atoms with E-state index >= 15 is 0 Å². The first-order valence-corrected chi connectivity index (χ1v) is 7.82. The third-order valence-electron chi connectivity index (χ3n) is 2.94. The molecule has 0 bridgehead atoms. The lowest BCUT2D eigenvalue weighted by Crippen LogP contribution is -2.33. The van der Waals surface area contributed by atoms with Crippen LogP contribution in [0.3, 0.4) is 0 Å². The van der Waals surface area contributed by atoms with Gasteiger partial charge < -0.3 is 23.7 Å². The van der Waals surface area contributed by atoms with Gasteiger partial charge in [0.15, 0.2) is 0 Å². The lowest BCUT2D eigenvalue weighted by molar-refractivity contribution is -0.137. The largest absolute Gasteiger partial charge is 0.499 e. The van der Waals surface area contributed by atoms with Crippen LogP contribution in [0.2, 0.25) is 0 Å². The first-order valence-electron chi connectivity index (χ1n) is 7.82. The predicted octanol–water partition coefficient (Wildman–Crippen LogP) is 0.138. The molecule has 1 aliphatic heterocycles. The predicted molar refractivity (Wildman–Crippen MR) is 85.3 cm³/mol. The lowest BCUT2D eigenvalue weighted by Gasteiger charge is -2.13. The van der Waals surface area contributed by atoms with Gasteiger partial charge in [0, 0.05) is 12.2 Å². The summed E-state index contributed by atoms with van der Waals surface area (Å²) in [4.78, 5) is 23.7. The molecule has 0 spiro atoms. The van der Waals surface area contributed by atoms with Crippen molar-refractivity contribution in [1.29, 1.82) is 0 Å². The van der Waals surface area contributed by atoms with Gasteiger partial charge in [0.1, 0.15) is 6.61 Å². The van der Waals surface area contributed by atoms with Gasteiger partial charge in [-0.15, -0.1) is 0 Å². The summed E-state index contributed by atoms with van der Waals surface area (Å²) in [6, 6.07) is 0. The average molecular weight is 343 g/mol. The summed E-state index contributed by atoms with van der Waals surface area (Å²) in [7, 11) is 0. The molecule has 0 saturated carbocycles. The van der Waals surface area contributed by atoms with Crippen molar-refractivity contribution in [1.82, 2.24) is 4.90 Å². The quantitative estimate of drug-likeness (QED) is 0.224. The van der Waals surface area contributed by atoms with E-state index < -0.39 is 0 Å². The standard InChI is InChI=1S/C16H25NO7/c1-2-20-7-8-22-11-12-24-14-13-23-10-9-21-6-5-17-15(18)3-4-16(17)19/h2-4H,1,5-14H2. The molecule has 0 aromatic rings. The van der Waals surface area contributed by atoms with E-state index in [2.05, 4.69) is 6.58 Å². The Bertz CT molecular complexity index is 393. The number of carbonyl (C=O) groups is 2. The number of hydrogen-bond acceptors (Lipinski definition) is 7. The van der Waals surface area contributed by atoms with Crippen molar-refractivity contribution in [3.63, 3.8) is 0 Å². The van der Waals surface area contributed by atoms with Crippen molar-refractivity contribution in [2.45, 2.75) is 0 Å². The van der Waals surface area contributed by atoms with Crippen molar-refractivity contribution in [3.8, 4) is 0 Å². The molecule has 24 heavy (non-hydrogen) atoms. The summed E-state index contributed by atoms with van der Waals surface area (Å²) >= 11 is 0. The Morgan fingerprint density at radius 2 is 1.17 bits per heavy atom. The summed E-state index contributed by atoms with van der Waals surface area (Å²) in [6.07, 6.45) is 3.89. The lowest BCUT2D eigenvalue weighted by atomic mass is 10.5. The van der Waals surface area contributed by atoms with E-state index in [1.165, 1.54) is 18.4 Å². The fourth-order valence-corrected chi connectivity index (χ4v) is 1.76. The Kier molecular flexibility index (Phi) is 11.6. The van der Waals surface area contributed by atoms with Gasteiger partial charge in [-0.25, -0.2) is 0 Å². The van der Waals surface area contributed by atoms with Crippen LogP contribution in [-0.4, -0.2) is 82.7 Å². The smallest absolute Gasteiger partial charge is 0.253 e. The molecule has 0 radical (unpaired) electrons. The van der Waals surface area contributed by atoms with Gasteiger partial charge in [-0.2, -0.15) is 0 Å². The molecule has 1 aliphatic rings. The molecule has 0 N–H and O–H groups in total. The monoisotopic (exact) mass is 343 g/mol. The summed E-state index contributed by atoms with van der Waals surface area (Å²) in [5.74, 6) is -0.594. The van der Waals surface area contributed by atoms with Gasteiger partial charge in [-0.3, -0.25) is 14.5 Å². The Morgan fingerprint density at radius 3 is 1.62 bits per heavy atom. The van der Waals surface area contributed by atoms with Crippen LogP contribution in [0, 0.1) is 0 Å². The van der Waals surface area contributed by atoms with Crippen molar-refractivity contribution in [2.75, 3.05) is 66.0 Å². The van der Waals surface area contributed by atoms with E-state index in [-0.39, 0.29) is 18.4 Å². The number of carbonyl (C=O) groups excluding carboxylic acids is 2. The number of hydrogen-bond donors (Lipinski definition) is 0. The van der Waals surface area contributed by atoms with Crippen molar-refractivity contribution < 1.29 is 33.3 Å². The molecule has 8 heteroatoms. The van der Waals surface area contributed by atoms with Gasteiger partial charge in [-0.1, -0.05) is 6.58 Å². The minimum absolute atomic E-state index is 0.256. The Hall–Kier alpha value is -1.74. The number of ether oxygens (including phenoxy) is 5. The van der Waals surface area contributed by atoms with E-state index in [9.17, 15) is 9.59 Å². The van der Waals surface area contributed by atoms with Gasteiger partial charge >= 0.3 is 0 Å². The molecule has 0 atom stereocenters. The van der Waals surface area contributed by atoms with Crippen LogP contribution < -0.4 is 0 Å². The minimum Gasteiger partial charge on any atom is -0.499 e. The van der Waals surface area contributed by atoms with Gasteiger partial charge in [0.25, 0.3) is 11.8 Å². The molecule has 0 fully saturated rings. The molecule has 0 unspecified atom stereocenters. The van der Waals surface area contributed by atoms with Gasteiger partial charge in [0.05, 0.1) is 65.7 Å². The Balaban J connectivity index is 1.76. The van der Waals surface area contributed by atoms with Crippen LogP contribution in [0.15, 0.2) is 25.0 Å². The highest BCUT2D eigenvalue weighted by atomic mass is 16.6. The molecule has 0 aromatic carbocycles. The highest BCUT2D eigenvalue weighted by molar-refractivity contribution is 6.12. The maximum absolute atomic E-state index is 11.3. The highest BCUT2D eigenvalue weighted by Gasteiger charge is 2.22. The fraction of sp³-hybridized carbons (Fsp3) is 0.625. The van der Waals surface area contributed by atoms with E-state index in [1.807, 2.05) is 0 Å². The topological polar surface area (TPSA) is 83.5 Å². The van der Waals surface area contributed by atoms with Crippen molar-refractivity contribution >= 4 is 11.8 Å². The second-order valence-corrected chi connectivity index (χ2v) is 4.65. The first-order chi connectivity index (χ1) is 11.8. The summed E-state index contributed by atoms with van der Waals surface area (Å²) in [5.41, 5.74) is 0. The number of rotatable bonds is 16. The molecule has 0 aliphatic carbocycles. The average Bonchev–Trinajstić information content (AvgIpc) is 2.90. The highest BCUT2D eigenvalue weighted by Crippen LogP contribution is 2.02. The van der Waals surface area contributed by atoms with Crippen molar-refractivity contribution in [2.24, 2.45) is 0 Å². The van der Waals surface area contributed by atoms with E-state index in [4.69, 9.17) is 23.7 Å². The third kappa shape index (κ3) is 9.41. The van der Waals surface area contributed by atoms with E-state index in [0.717, 1.165) is 4.90 Å². The number of nitrogens with zero attached hydrogens (tertiary/aromatic N) is 1. The maximum Gasteiger partial charge on any atom is 0.253 e. The van der Waals surface area contributed by atoms with Crippen LogP contribution >= 0.6 is 0 Å². The third-order valence-corrected chi connectivity index (χ3v) is 2.94. The van der Waals surface area contributed by atoms with Gasteiger partial charge in [-0.05, 0) is 0 Å². The molecule has 1 heterocycles. The van der Waals surface area contributed by atoms with Crippen molar-refractivity contribution in [3.05, 3.63) is 25.0 Å². The molecule has 0 saturated heterocycles. The zero-order valence-electron chi connectivity index (χ0n) is 13.8. The van der Waals surface area contributed by atoms with Crippen LogP contribution in [0.1, 0.15) is 0 Å². The molecule has 8 nitrogen and oxygen atoms in total. The van der Waals surface area contributed by atoms with E-state index in [0.29, 0.717) is 59.5 Å². The molecular weight excluding hydrogens is 318 g/mol. The van der Waals surface area contributed by atoms with Crippen LogP contribution in [0.5, 0.6) is 0 Å². The van der Waals surface area contributed by atoms with Crippen LogP contribution in [0.4, 0.5) is 0 Å². The second kappa shape index (κ2) is 13.7. The molecule has 1 rings (SSSR count). The van der Waals surface area contributed by atoms with Crippen LogP contribution in [0.25, 0.3) is 0 Å². The normalized spacial score (nSPS) is 13.8. The minimum atomic E-state index is -0.297. The first kappa shape index (κ1) is 20.3. The number of amides is 2. The summed E-state index contributed by atoms with van der Waals surface area (Å²) in [6.45, 7) is 7.76. The van der Waals surface area contributed by atoms with Crippen LogP contribution in [-0.2, 0) is 33.3 Å².